The molecule has 0 fully saturated rings. The standard InChI is InChI=1S/C25H22N2O5/c1-30-23-8-7-21(15-24(23)32-22-9-12-31-13-10-22)27(17-18-4-3-11-26-16-18)20-6-2-5-19(14-20)25(28)29/h2-16,22H,17H2,1H3,(H,28,29). The lowest BCUT2D eigenvalue weighted by atomic mass is 10.1. The Labute approximate surface area is 185 Å². The Kier molecular flexibility index (Phi) is 6.36. The minimum Gasteiger partial charge on any atom is -0.493 e. The smallest absolute Gasteiger partial charge is 0.335 e. The van der Waals surface area contributed by atoms with Crippen LogP contribution < -0.4 is 14.4 Å². The summed E-state index contributed by atoms with van der Waals surface area (Å²) in [4.78, 5) is 17.7. The second-order valence-corrected chi connectivity index (χ2v) is 7.01. The first kappa shape index (κ1) is 21.0. The van der Waals surface area contributed by atoms with Crippen LogP contribution in [0.3, 0.4) is 0 Å². The van der Waals surface area contributed by atoms with Crippen molar-refractivity contribution in [3.63, 3.8) is 0 Å². The molecule has 0 radical (unpaired) electrons. The lowest BCUT2D eigenvalue weighted by molar-refractivity contribution is 0.0697. The average Bonchev–Trinajstić information content (AvgIpc) is 2.84. The number of carbonyl (C=O) groups is 1. The highest BCUT2D eigenvalue weighted by molar-refractivity contribution is 5.89. The van der Waals surface area contributed by atoms with E-state index in [2.05, 4.69) is 4.98 Å². The number of hydrogen-bond acceptors (Lipinski definition) is 6. The molecule has 2 heterocycles. The fourth-order valence-electron chi connectivity index (χ4n) is 3.32. The highest BCUT2D eigenvalue weighted by Crippen LogP contribution is 2.36. The van der Waals surface area contributed by atoms with Crippen molar-refractivity contribution in [2.75, 3.05) is 12.0 Å². The first-order chi connectivity index (χ1) is 15.6. The van der Waals surface area contributed by atoms with Crippen LogP contribution >= 0.6 is 0 Å². The molecule has 0 atom stereocenters. The third kappa shape index (κ3) is 4.89. The van der Waals surface area contributed by atoms with Crippen molar-refractivity contribution in [1.29, 1.82) is 0 Å². The van der Waals surface area contributed by atoms with Gasteiger partial charge in [0.25, 0.3) is 0 Å². The molecule has 2 aromatic carbocycles. The number of carboxylic acids is 1. The van der Waals surface area contributed by atoms with Gasteiger partial charge in [-0.2, -0.15) is 0 Å². The topological polar surface area (TPSA) is 81.1 Å². The van der Waals surface area contributed by atoms with Gasteiger partial charge in [-0.15, -0.1) is 0 Å². The molecule has 0 saturated heterocycles. The molecule has 4 rings (SSSR count). The van der Waals surface area contributed by atoms with E-state index in [0.717, 1.165) is 16.9 Å². The second kappa shape index (κ2) is 9.70. The number of rotatable bonds is 8. The Balaban J connectivity index is 1.74. The van der Waals surface area contributed by atoms with Crippen molar-refractivity contribution in [2.24, 2.45) is 0 Å². The highest BCUT2D eigenvalue weighted by Gasteiger charge is 2.17. The minimum absolute atomic E-state index is 0.209. The Morgan fingerprint density at radius 2 is 1.88 bits per heavy atom. The number of methoxy groups -OCH3 is 1. The molecule has 7 nitrogen and oxygen atoms in total. The molecular weight excluding hydrogens is 408 g/mol. The molecule has 32 heavy (non-hydrogen) atoms. The van der Waals surface area contributed by atoms with Gasteiger partial charge >= 0.3 is 5.97 Å². The number of carboxylic acid groups (broad SMARTS) is 1. The first-order valence-electron chi connectivity index (χ1n) is 9.97. The molecule has 0 saturated carbocycles. The van der Waals surface area contributed by atoms with Crippen LogP contribution in [0, 0.1) is 0 Å². The van der Waals surface area contributed by atoms with E-state index in [0.29, 0.717) is 18.0 Å². The summed E-state index contributed by atoms with van der Waals surface area (Å²) in [6.07, 6.45) is 9.90. The van der Waals surface area contributed by atoms with Crippen molar-refractivity contribution in [2.45, 2.75) is 12.6 Å². The van der Waals surface area contributed by atoms with E-state index in [-0.39, 0.29) is 11.7 Å². The van der Waals surface area contributed by atoms with E-state index in [4.69, 9.17) is 14.2 Å². The van der Waals surface area contributed by atoms with E-state index in [1.165, 1.54) is 0 Å². The minimum atomic E-state index is -0.981. The van der Waals surface area contributed by atoms with Gasteiger partial charge in [-0.3, -0.25) is 4.98 Å². The molecule has 3 aromatic rings. The van der Waals surface area contributed by atoms with Crippen molar-refractivity contribution >= 4 is 17.3 Å². The van der Waals surface area contributed by atoms with Crippen LogP contribution in [0.2, 0.25) is 0 Å². The third-order valence-electron chi connectivity index (χ3n) is 4.88. The number of hydrogen-bond donors (Lipinski definition) is 1. The Morgan fingerprint density at radius 3 is 2.59 bits per heavy atom. The molecular formula is C25H22N2O5. The zero-order valence-electron chi connectivity index (χ0n) is 17.4. The Hall–Kier alpha value is -4.26. The largest absolute Gasteiger partial charge is 0.493 e. The number of anilines is 2. The number of aromatic nitrogens is 1. The maximum Gasteiger partial charge on any atom is 0.335 e. The zero-order chi connectivity index (χ0) is 22.3. The van der Waals surface area contributed by atoms with Gasteiger partial charge in [0.1, 0.15) is 6.10 Å². The molecule has 7 heteroatoms. The molecule has 0 spiro atoms. The number of nitrogens with zero attached hydrogens (tertiary/aromatic N) is 2. The quantitative estimate of drug-likeness (QED) is 0.543. The summed E-state index contributed by atoms with van der Waals surface area (Å²) in [6, 6.07) is 16.3. The number of aromatic carboxylic acids is 1. The van der Waals surface area contributed by atoms with Gasteiger partial charge in [0.2, 0.25) is 0 Å². The van der Waals surface area contributed by atoms with Gasteiger partial charge < -0.3 is 24.2 Å². The molecule has 1 aliphatic heterocycles. The molecule has 0 aliphatic carbocycles. The van der Waals surface area contributed by atoms with Gasteiger partial charge in [0.05, 0.1) is 25.2 Å². The van der Waals surface area contributed by atoms with Gasteiger partial charge in [0.15, 0.2) is 11.5 Å². The van der Waals surface area contributed by atoms with Gasteiger partial charge in [-0.25, -0.2) is 4.79 Å². The molecule has 0 unspecified atom stereocenters. The summed E-state index contributed by atoms with van der Waals surface area (Å²) in [5.74, 6) is 0.157. The van der Waals surface area contributed by atoms with Crippen LogP contribution in [-0.2, 0) is 11.3 Å². The Morgan fingerprint density at radius 1 is 1.06 bits per heavy atom. The van der Waals surface area contributed by atoms with Crippen LogP contribution in [0.1, 0.15) is 15.9 Å². The van der Waals surface area contributed by atoms with Crippen molar-refractivity contribution in [1.82, 2.24) is 4.98 Å². The van der Waals surface area contributed by atoms with E-state index in [1.54, 1.807) is 62.4 Å². The van der Waals surface area contributed by atoms with Crippen molar-refractivity contribution in [3.8, 4) is 11.5 Å². The fourth-order valence-corrected chi connectivity index (χ4v) is 3.32. The lowest BCUT2D eigenvalue weighted by Gasteiger charge is -2.27. The van der Waals surface area contributed by atoms with Crippen LogP contribution in [0.5, 0.6) is 11.5 Å². The monoisotopic (exact) mass is 430 g/mol. The predicted octanol–water partition coefficient (Wildman–Crippen LogP) is 4.93. The summed E-state index contributed by atoms with van der Waals surface area (Å²) < 4.78 is 16.7. The summed E-state index contributed by atoms with van der Waals surface area (Å²) in [7, 11) is 1.58. The molecule has 1 N–H and O–H groups in total. The Bertz CT molecular complexity index is 1130. The second-order valence-electron chi connectivity index (χ2n) is 7.01. The van der Waals surface area contributed by atoms with Gasteiger partial charge in [0, 0.05) is 36.4 Å². The number of ether oxygens (including phenoxy) is 3. The summed E-state index contributed by atoms with van der Waals surface area (Å²) in [5, 5.41) is 9.46. The average molecular weight is 430 g/mol. The number of benzene rings is 2. The third-order valence-corrected chi connectivity index (χ3v) is 4.88. The van der Waals surface area contributed by atoms with E-state index in [1.807, 2.05) is 41.3 Å². The SMILES string of the molecule is COc1ccc(N(Cc2cccnc2)c2cccc(C(=O)O)c2)cc1OC1C=COC=C1. The van der Waals surface area contributed by atoms with Crippen LogP contribution in [0.15, 0.2) is 91.7 Å². The number of pyridine rings is 1. The predicted molar refractivity (Wildman–Crippen MR) is 120 cm³/mol. The van der Waals surface area contributed by atoms with Gasteiger partial charge in [-0.05, 0) is 54.1 Å². The van der Waals surface area contributed by atoms with E-state index in [9.17, 15) is 9.90 Å². The first-order valence-corrected chi connectivity index (χ1v) is 9.97. The zero-order valence-corrected chi connectivity index (χ0v) is 17.4. The molecule has 0 amide bonds. The lowest BCUT2D eigenvalue weighted by Crippen LogP contribution is -2.18. The molecule has 0 bridgehead atoms. The molecule has 1 aliphatic rings. The molecule has 162 valence electrons. The van der Waals surface area contributed by atoms with Crippen LogP contribution in [0.4, 0.5) is 11.4 Å². The van der Waals surface area contributed by atoms with E-state index < -0.39 is 5.97 Å². The normalized spacial score (nSPS) is 12.8. The van der Waals surface area contributed by atoms with Crippen LogP contribution in [-0.4, -0.2) is 29.3 Å². The van der Waals surface area contributed by atoms with Crippen molar-refractivity contribution in [3.05, 3.63) is 103 Å². The van der Waals surface area contributed by atoms with Crippen molar-refractivity contribution < 1.29 is 24.1 Å². The highest BCUT2D eigenvalue weighted by atomic mass is 16.5. The summed E-state index contributed by atoms with van der Waals surface area (Å²) in [6.45, 7) is 0.486. The molecule has 1 aromatic heterocycles. The van der Waals surface area contributed by atoms with Gasteiger partial charge in [-0.1, -0.05) is 12.1 Å². The summed E-state index contributed by atoms with van der Waals surface area (Å²) >= 11 is 0. The van der Waals surface area contributed by atoms with Crippen LogP contribution in [0.25, 0.3) is 0 Å². The maximum atomic E-state index is 11.5. The maximum absolute atomic E-state index is 11.5. The summed E-state index contributed by atoms with van der Waals surface area (Å²) in [5.41, 5.74) is 2.73. The fraction of sp³-hybridized carbons (Fsp3) is 0.120. The van der Waals surface area contributed by atoms with E-state index >= 15 is 0 Å².